The lowest BCUT2D eigenvalue weighted by Crippen LogP contribution is -2.12. The predicted molar refractivity (Wildman–Crippen MR) is 89.9 cm³/mol. The average molecular weight is 346 g/mol. The van der Waals surface area contributed by atoms with E-state index < -0.39 is 0 Å². The fourth-order valence-corrected chi connectivity index (χ4v) is 2.41. The van der Waals surface area contributed by atoms with E-state index in [-0.39, 0.29) is 17.4 Å². The third-order valence-electron chi connectivity index (χ3n) is 3.37. The van der Waals surface area contributed by atoms with Gasteiger partial charge in [0.25, 0.3) is 5.91 Å². The first-order chi connectivity index (χ1) is 11.6. The summed E-state index contributed by atoms with van der Waals surface area (Å²) in [4.78, 5) is 12.3. The van der Waals surface area contributed by atoms with Crippen LogP contribution in [0.1, 0.15) is 10.5 Å². The molecule has 3 aromatic rings. The molecule has 0 bridgehead atoms. The first kappa shape index (κ1) is 16.0. The van der Waals surface area contributed by atoms with Gasteiger partial charge in [0.15, 0.2) is 0 Å². The molecule has 3 rings (SSSR count). The molecule has 24 heavy (non-hydrogen) atoms. The van der Waals surface area contributed by atoms with Gasteiger partial charge in [0, 0.05) is 11.3 Å². The highest BCUT2D eigenvalue weighted by atomic mass is 35.5. The van der Waals surface area contributed by atoms with E-state index in [1.54, 1.807) is 36.4 Å². The van der Waals surface area contributed by atoms with Crippen LogP contribution in [0.5, 0.6) is 5.75 Å². The van der Waals surface area contributed by atoms with E-state index in [0.29, 0.717) is 27.7 Å². The van der Waals surface area contributed by atoms with Gasteiger partial charge in [0.1, 0.15) is 17.3 Å². The first-order valence-corrected chi connectivity index (χ1v) is 7.41. The highest BCUT2D eigenvalue weighted by Gasteiger charge is 2.12. The number of aromatic amines is 1. The first-order valence-electron chi connectivity index (χ1n) is 7.03. The maximum atomic E-state index is 13.0. The monoisotopic (exact) mass is 345 g/mol. The fourth-order valence-electron chi connectivity index (χ4n) is 2.15. The SMILES string of the molecule is COc1ccc(NC(=O)c2cc(-c3ccc(F)cc3)n[nH]2)cc1Cl. The highest BCUT2D eigenvalue weighted by molar-refractivity contribution is 6.32. The van der Waals surface area contributed by atoms with Crippen LogP contribution in [0.15, 0.2) is 48.5 Å². The zero-order valence-corrected chi connectivity index (χ0v) is 13.4. The van der Waals surface area contributed by atoms with E-state index in [1.807, 2.05) is 0 Å². The maximum Gasteiger partial charge on any atom is 0.273 e. The number of ether oxygens (including phenoxy) is 1. The molecule has 1 aromatic heterocycles. The van der Waals surface area contributed by atoms with Crippen molar-refractivity contribution in [1.29, 1.82) is 0 Å². The zero-order chi connectivity index (χ0) is 17.1. The molecule has 0 spiro atoms. The molecule has 0 aliphatic carbocycles. The van der Waals surface area contributed by atoms with Crippen molar-refractivity contribution in [1.82, 2.24) is 10.2 Å². The summed E-state index contributed by atoms with van der Waals surface area (Å²) in [5, 5.41) is 9.84. The van der Waals surface area contributed by atoms with E-state index in [0.717, 1.165) is 0 Å². The average Bonchev–Trinajstić information content (AvgIpc) is 3.06. The van der Waals surface area contributed by atoms with Crippen LogP contribution in [-0.2, 0) is 0 Å². The van der Waals surface area contributed by atoms with Gasteiger partial charge in [-0.15, -0.1) is 0 Å². The summed E-state index contributed by atoms with van der Waals surface area (Å²) in [6.07, 6.45) is 0. The van der Waals surface area contributed by atoms with Gasteiger partial charge in [-0.2, -0.15) is 5.10 Å². The van der Waals surface area contributed by atoms with E-state index in [9.17, 15) is 9.18 Å². The minimum atomic E-state index is -0.364. The van der Waals surface area contributed by atoms with Crippen molar-refractivity contribution in [3.63, 3.8) is 0 Å². The number of H-pyrrole nitrogens is 1. The number of benzene rings is 2. The van der Waals surface area contributed by atoms with Crippen LogP contribution in [0.2, 0.25) is 5.02 Å². The largest absolute Gasteiger partial charge is 0.495 e. The van der Waals surface area contributed by atoms with Crippen molar-refractivity contribution in [2.45, 2.75) is 0 Å². The van der Waals surface area contributed by atoms with Crippen LogP contribution < -0.4 is 10.1 Å². The molecular weight excluding hydrogens is 333 g/mol. The topological polar surface area (TPSA) is 67.0 Å². The summed E-state index contributed by atoms with van der Waals surface area (Å²) in [6.45, 7) is 0. The Bertz CT molecular complexity index is 878. The Morgan fingerprint density at radius 3 is 2.62 bits per heavy atom. The summed E-state index contributed by atoms with van der Waals surface area (Å²) in [6, 6.07) is 12.4. The number of hydrogen-bond acceptors (Lipinski definition) is 3. The van der Waals surface area contributed by atoms with Crippen LogP contribution >= 0.6 is 11.6 Å². The van der Waals surface area contributed by atoms with E-state index in [1.165, 1.54) is 19.2 Å². The van der Waals surface area contributed by atoms with E-state index in [2.05, 4.69) is 15.5 Å². The number of carbonyl (C=O) groups is 1. The lowest BCUT2D eigenvalue weighted by atomic mass is 10.1. The number of carbonyl (C=O) groups excluding carboxylic acids is 1. The quantitative estimate of drug-likeness (QED) is 0.747. The molecule has 0 atom stereocenters. The lowest BCUT2D eigenvalue weighted by Gasteiger charge is -2.07. The Balaban J connectivity index is 1.76. The van der Waals surface area contributed by atoms with Gasteiger partial charge in [0.05, 0.1) is 17.8 Å². The summed E-state index contributed by atoms with van der Waals surface area (Å²) in [7, 11) is 1.51. The summed E-state index contributed by atoms with van der Waals surface area (Å²) in [5.74, 6) is -0.171. The molecule has 122 valence electrons. The molecule has 2 N–H and O–H groups in total. The number of methoxy groups -OCH3 is 1. The highest BCUT2D eigenvalue weighted by Crippen LogP contribution is 2.27. The number of halogens is 2. The molecule has 0 radical (unpaired) electrons. The van der Waals surface area contributed by atoms with Gasteiger partial charge in [-0.05, 0) is 48.5 Å². The molecule has 1 amide bonds. The Hall–Kier alpha value is -2.86. The Kier molecular flexibility index (Phi) is 4.48. The van der Waals surface area contributed by atoms with Crippen molar-refractivity contribution < 1.29 is 13.9 Å². The summed E-state index contributed by atoms with van der Waals surface area (Å²) >= 11 is 6.03. The summed E-state index contributed by atoms with van der Waals surface area (Å²) in [5.41, 5.74) is 2.07. The number of nitrogens with one attached hydrogen (secondary N) is 2. The van der Waals surface area contributed by atoms with Crippen LogP contribution in [-0.4, -0.2) is 23.2 Å². The molecule has 5 nitrogen and oxygen atoms in total. The second-order valence-corrected chi connectivity index (χ2v) is 5.38. The van der Waals surface area contributed by atoms with E-state index >= 15 is 0 Å². The number of hydrogen-bond donors (Lipinski definition) is 2. The lowest BCUT2D eigenvalue weighted by molar-refractivity contribution is 0.102. The Morgan fingerprint density at radius 2 is 1.96 bits per heavy atom. The molecular formula is C17H13ClFN3O2. The molecule has 0 saturated carbocycles. The number of rotatable bonds is 4. The fraction of sp³-hybridized carbons (Fsp3) is 0.0588. The van der Waals surface area contributed by atoms with Crippen LogP contribution in [0.25, 0.3) is 11.3 Å². The Morgan fingerprint density at radius 1 is 1.21 bits per heavy atom. The molecule has 7 heteroatoms. The van der Waals surface area contributed by atoms with Crippen molar-refractivity contribution in [3.05, 3.63) is 65.1 Å². The number of aromatic nitrogens is 2. The standard InChI is InChI=1S/C17H13ClFN3O2/c1-24-16-7-6-12(8-13(16)18)20-17(23)15-9-14(21-22-15)10-2-4-11(19)5-3-10/h2-9H,1H3,(H,20,23)(H,21,22). The molecule has 0 unspecified atom stereocenters. The minimum absolute atomic E-state index is 0.279. The van der Waals surface area contributed by atoms with Crippen molar-refractivity contribution >= 4 is 23.2 Å². The molecule has 0 aliphatic rings. The van der Waals surface area contributed by atoms with Crippen LogP contribution in [0, 0.1) is 5.82 Å². The number of amides is 1. The van der Waals surface area contributed by atoms with Crippen molar-refractivity contribution in [2.24, 2.45) is 0 Å². The molecule has 0 aliphatic heterocycles. The van der Waals surface area contributed by atoms with E-state index in [4.69, 9.17) is 16.3 Å². The van der Waals surface area contributed by atoms with Gasteiger partial charge in [-0.25, -0.2) is 4.39 Å². The third-order valence-corrected chi connectivity index (χ3v) is 3.67. The smallest absolute Gasteiger partial charge is 0.273 e. The van der Waals surface area contributed by atoms with Gasteiger partial charge in [0.2, 0.25) is 0 Å². The van der Waals surface area contributed by atoms with Gasteiger partial charge < -0.3 is 10.1 Å². The number of anilines is 1. The van der Waals surface area contributed by atoms with Crippen LogP contribution in [0.3, 0.4) is 0 Å². The zero-order valence-electron chi connectivity index (χ0n) is 12.6. The molecule has 2 aromatic carbocycles. The normalized spacial score (nSPS) is 10.5. The summed E-state index contributed by atoms with van der Waals surface area (Å²) < 4.78 is 18.0. The Labute approximate surface area is 142 Å². The van der Waals surface area contributed by atoms with Crippen molar-refractivity contribution in [2.75, 3.05) is 12.4 Å². The van der Waals surface area contributed by atoms with Gasteiger partial charge >= 0.3 is 0 Å². The molecule has 0 fully saturated rings. The maximum absolute atomic E-state index is 13.0. The minimum Gasteiger partial charge on any atom is -0.495 e. The third kappa shape index (κ3) is 3.38. The second-order valence-electron chi connectivity index (χ2n) is 4.98. The van der Waals surface area contributed by atoms with Crippen LogP contribution in [0.4, 0.5) is 10.1 Å². The predicted octanol–water partition coefficient (Wildman–Crippen LogP) is 4.13. The van der Waals surface area contributed by atoms with Gasteiger partial charge in [-0.1, -0.05) is 11.6 Å². The van der Waals surface area contributed by atoms with Crippen molar-refractivity contribution in [3.8, 4) is 17.0 Å². The molecule has 0 saturated heterocycles. The molecule has 1 heterocycles. The van der Waals surface area contributed by atoms with Gasteiger partial charge in [-0.3, -0.25) is 9.89 Å². The second kappa shape index (κ2) is 6.72. The number of nitrogens with zero attached hydrogens (tertiary/aromatic N) is 1.